The second-order valence-corrected chi connectivity index (χ2v) is 3.23. The molecule has 0 fully saturated rings. The van der Waals surface area contributed by atoms with Gasteiger partial charge in [0.25, 0.3) is 0 Å². The van der Waals surface area contributed by atoms with Crippen molar-refractivity contribution in [1.29, 1.82) is 0 Å². The molecule has 0 saturated heterocycles. The van der Waals surface area contributed by atoms with Gasteiger partial charge >= 0.3 is 0 Å². The molecule has 0 aromatic heterocycles. The molecule has 0 bridgehead atoms. The molecule has 0 radical (unpaired) electrons. The molecule has 1 unspecified atom stereocenters. The van der Waals surface area contributed by atoms with Crippen LogP contribution < -0.4 is 0 Å². The van der Waals surface area contributed by atoms with Gasteiger partial charge < -0.3 is 4.90 Å². The van der Waals surface area contributed by atoms with Crippen molar-refractivity contribution >= 4 is 29.9 Å². The molecule has 0 saturated carbocycles. The minimum absolute atomic E-state index is 0.194. The van der Waals surface area contributed by atoms with Crippen LogP contribution in [0.15, 0.2) is 9.39 Å². The average molecular weight is 169 g/mol. The molecule has 1 atom stereocenters. The first-order chi connectivity index (χ1) is 5.29. The van der Waals surface area contributed by atoms with Crippen molar-refractivity contribution in [2.24, 2.45) is 9.39 Å². The fraction of sp³-hybridized carbons (Fsp3) is 0.500. The molecule has 2 rings (SSSR count). The Hall–Kier alpha value is -0.840. The highest BCUT2D eigenvalue weighted by Crippen LogP contribution is 2.19. The molecule has 2 heterocycles. The Morgan fingerprint density at radius 1 is 1.82 bits per heavy atom. The maximum absolute atomic E-state index is 11.3. The second-order valence-electron chi connectivity index (χ2n) is 2.50. The minimum Gasteiger partial charge on any atom is -0.349 e. The first-order valence-electron chi connectivity index (χ1n) is 3.28. The maximum atomic E-state index is 11.3. The lowest BCUT2D eigenvalue weighted by molar-refractivity contribution is -0.118. The van der Waals surface area contributed by atoms with Gasteiger partial charge in [0.2, 0.25) is 0 Å². The van der Waals surface area contributed by atoms with Crippen LogP contribution in [0.25, 0.3) is 0 Å². The third-order valence-electron chi connectivity index (χ3n) is 1.69. The van der Waals surface area contributed by atoms with E-state index in [2.05, 4.69) is 9.39 Å². The number of ketones is 1. The summed E-state index contributed by atoms with van der Waals surface area (Å²) in [6.45, 7) is 0. The number of rotatable bonds is 0. The van der Waals surface area contributed by atoms with E-state index in [0.717, 1.165) is 0 Å². The topological polar surface area (TPSA) is 45.0 Å². The van der Waals surface area contributed by atoms with Gasteiger partial charge in [-0.25, -0.2) is 4.99 Å². The number of amidine groups is 1. The number of carbonyl (C=O) groups is 1. The van der Waals surface area contributed by atoms with Gasteiger partial charge in [0, 0.05) is 7.05 Å². The van der Waals surface area contributed by atoms with Crippen molar-refractivity contribution in [3.8, 4) is 0 Å². The van der Waals surface area contributed by atoms with Gasteiger partial charge in [-0.05, 0) is 11.9 Å². The molecule has 0 spiro atoms. The molecule has 0 N–H and O–H groups in total. The van der Waals surface area contributed by atoms with Crippen LogP contribution in [0.5, 0.6) is 0 Å². The van der Waals surface area contributed by atoms with Crippen LogP contribution in [0.3, 0.4) is 0 Å². The molecule has 5 heteroatoms. The molecule has 0 aromatic carbocycles. The summed E-state index contributed by atoms with van der Waals surface area (Å²) in [5.74, 6) is 1.32. The van der Waals surface area contributed by atoms with Crippen LogP contribution in [-0.4, -0.2) is 41.7 Å². The summed E-state index contributed by atoms with van der Waals surface area (Å²) in [5.41, 5.74) is 0. The number of aliphatic imine (C=N–C) groups is 1. The van der Waals surface area contributed by atoms with E-state index >= 15 is 0 Å². The van der Waals surface area contributed by atoms with Crippen LogP contribution >= 0.6 is 11.9 Å². The zero-order chi connectivity index (χ0) is 7.84. The summed E-state index contributed by atoms with van der Waals surface area (Å²) in [6, 6.07) is -0.198. The Morgan fingerprint density at radius 2 is 2.64 bits per heavy atom. The van der Waals surface area contributed by atoms with Gasteiger partial charge in [0.05, 0.1) is 12.1 Å². The Morgan fingerprint density at radius 3 is 3.36 bits per heavy atom. The van der Waals surface area contributed by atoms with E-state index < -0.39 is 0 Å². The fourth-order valence-corrected chi connectivity index (χ4v) is 1.78. The van der Waals surface area contributed by atoms with E-state index in [4.69, 9.17) is 0 Å². The number of likely N-dealkylation sites (N-methyl/N-ethyl adjacent to an activating group) is 1. The van der Waals surface area contributed by atoms with E-state index in [1.807, 2.05) is 7.05 Å². The van der Waals surface area contributed by atoms with Gasteiger partial charge in [-0.3, -0.25) is 4.79 Å². The summed E-state index contributed by atoms with van der Waals surface area (Å²) in [4.78, 5) is 17.1. The van der Waals surface area contributed by atoms with E-state index in [0.29, 0.717) is 11.6 Å². The predicted octanol–water partition coefficient (Wildman–Crippen LogP) is -0.0419. The first-order valence-corrected chi connectivity index (χ1v) is 4.22. The van der Waals surface area contributed by atoms with Gasteiger partial charge in [-0.2, -0.15) is 4.40 Å². The van der Waals surface area contributed by atoms with Crippen LogP contribution in [-0.2, 0) is 4.79 Å². The highest BCUT2D eigenvalue weighted by Gasteiger charge is 2.33. The van der Waals surface area contributed by atoms with Crippen molar-refractivity contribution < 1.29 is 4.79 Å². The van der Waals surface area contributed by atoms with Gasteiger partial charge in [-0.1, -0.05) is 0 Å². The SMILES string of the molecule is CN1C=NC2=NSCC(=O)C21. The lowest BCUT2D eigenvalue weighted by atomic mass is 10.2. The standard InChI is InChI=1S/C6H7N3OS/c1-9-3-7-6-5(9)4(10)2-11-8-6/h3,5H,2H2,1H3. The van der Waals surface area contributed by atoms with Gasteiger partial charge in [0.1, 0.15) is 0 Å². The molecule has 11 heavy (non-hydrogen) atoms. The van der Waals surface area contributed by atoms with Crippen LogP contribution in [0, 0.1) is 0 Å². The molecular weight excluding hydrogens is 162 g/mol. The summed E-state index contributed by atoms with van der Waals surface area (Å²) in [7, 11) is 1.84. The Labute approximate surface area is 68.5 Å². The third kappa shape index (κ3) is 0.956. The zero-order valence-electron chi connectivity index (χ0n) is 6.02. The Balaban J connectivity index is 2.34. The van der Waals surface area contributed by atoms with Gasteiger partial charge in [0.15, 0.2) is 17.7 Å². The largest absolute Gasteiger partial charge is 0.349 e. The van der Waals surface area contributed by atoms with Crippen LogP contribution in [0.1, 0.15) is 0 Å². The highest BCUT2D eigenvalue weighted by atomic mass is 32.2. The number of hydrogen-bond acceptors (Lipinski definition) is 5. The molecule has 2 aliphatic heterocycles. The highest BCUT2D eigenvalue weighted by molar-refractivity contribution is 7.99. The molecule has 58 valence electrons. The summed E-state index contributed by atoms with van der Waals surface area (Å²) in [6.07, 6.45) is 1.65. The lowest BCUT2D eigenvalue weighted by Crippen LogP contribution is -2.41. The van der Waals surface area contributed by atoms with Crippen molar-refractivity contribution in [2.45, 2.75) is 6.04 Å². The summed E-state index contributed by atoms with van der Waals surface area (Å²) < 4.78 is 4.07. The van der Waals surface area contributed by atoms with E-state index in [-0.39, 0.29) is 11.8 Å². The molecule has 4 nitrogen and oxygen atoms in total. The Bertz CT molecular complexity index is 261. The second kappa shape index (κ2) is 2.34. The predicted molar refractivity (Wildman–Crippen MR) is 44.9 cm³/mol. The monoisotopic (exact) mass is 169 g/mol. The molecule has 0 aliphatic carbocycles. The smallest absolute Gasteiger partial charge is 0.174 e. The normalized spacial score (nSPS) is 28.8. The first kappa shape index (κ1) is 6.84. The van der Waals surface area contributed by atoms with Crippen LogP contribution in [0.4, 0.5) is 0 Å². The molecule has 2 aliphatic rings. The number of hydrogen-bond donors (Lipinski definition) is 0. The van der Waals surface area contributed by atoms with Gasteiger partial charge in [-0.15, -0.1) is 0 Å². The molecule has 0 aromatic rings. The maximum Gasteiger partial charge on any atom is 0.174 e. The minimum atomic E-state index is -0.198. The number of fused-ring (bicyclic) bond motifs is 1. The van der Waals surface area contributed by atoms with E-state index in [1.165, 1.54) is 11.9 Å². The van der Waals surface area contributed by atoms with E-state index in [9.17, 15) is 4.79 Å². The van der Waals surface area contributed by atoms with Crippen molar-refractivity contribution in [3.05, 3.63) is 0 Å². The van der Waals surface area contributed by atoms with Crippen molar-refractivity contribution in [2.75, 3.05) is 12.8 Å². The third-order valence-corrected chi connectivity index (χ3v) is 2.42. The summed E-state index contributed by atoms with van der Waals surface area (Å²) >= 11 is 1.28. The Kier molecular flexibility index (Phi) is 1.45. The number of carbonyl (C=O) groups excluding carboxylic acids is 1. The fourth-order valence-electron chi connectivity index (χ4n) is 1.16. The zero-order valence-corrected chi connectivity index (χ0v) is 6.84. The van der Waals surface area contributed by atoms with Crippen molar-refractivity contribution in [3.63, 3.8) is 0 Å². The summed E-state index contributed by atoms with van der Waals surface area (Å²) in [5, 5.41) is 0. The van der Waals surface area contributed by atoms with Crippen LogP contribution in [0.2, 0.25) is 0 Å². The quantitative estimate of drug-likeness (QED) is 0.478. The van der Waals surface area contributed by atoms with Crippen molar-refractivity contribution in [1.82, 2.24) is 4.90 Å². The molecule has 0 amide bonds. The number of Topliss-reactive ketones (excluding diaryl/α,β-unsaturated/α-hetero) is 1. The average Bonchev–Trinajstić information content (AvgIpc) is 2.34. The lowest BCUT2D eigenvalue weighted by Gasteiger charge is -2.19. The molecular formula is C6H7N3OS. The van der Waals surface area contributed by atoms with E-state index in [1.54, 1.807) is 11.2 Å². The number of nitrogens with zero attached hydrogens (tertiary/aromatic N) is 3.